The van der Waals surface area contributed by atoms with Crippen LogP contribution >= 0.6 is 0 Å². The average Bonchev–Trinajstić information content (AvgIpc) is 2.40. The highest BCUT2D eigenvalue weighted by atomic mass is 32.2. The number of sulfonamides is 1. The molecule has 2 aromatic rings. The van der Waals surface area contributed by atoms with Gasteiger partial charge in [-0.05, 0) is 36.2 Å². The molecule has 5 nitrogen and oxygen atoms in total. The number of anilines is 1. The summed E-state index contributed by atoms with van der Waals surface area (Å²) in [5.74, 6) is -0.428. The van der Waals surface area contributed by atoms with Crippen molar-refractivity contribution in [2.45, 2.75) is 18.2 Å². The minimum Gasteiger partial charge on any atom is -0.369 e. The van der Waals surface area contributed by atoms with Gasteiger partial charge in [-0.3, -0.25) is 9.52 Å². The predicted octanol–water partition coefficient (Wildman–Crippen LogP) is 1.82. The summed E-state index contributed by atoms with van der Waals surface area (Å²) in [6.07, 6.45) is 0.130. The lowest BCUT2D eigenvalue weighted by Gasteiger charge is -2.10. The molecule has 0 fully saturated rings. The lowest BCUT2D eigenvalue weighted by Crippen LogP contribution is -2.15. The van der Waals surface area contributed by atoms with Gasteiger partial charge in [-0.2, -0.15) is 0 Å². The maximum absolute atomic E-state index is 12.3. The molecule has 21 heavy (non-hydrogen) atoms. The second kappa shape index (κ2) is 5.97. The van der Waals surface area contributed by atoms with Crippen molar-refractivity contribution >= 4 is 21.6 Å². The maximum Gasteiger partial charge on any atom is 0.262 e. The molecule has 0 saturated heterocycles. The Kier molecular flexibility index (Phi) is 4.28. The molecule has 2 aromatic carbocycles. The molecule has 0 heterocycles. The van der Waals surface area contributed by atoms with E-state index >= 15 is 0 Å². The van der Waals surface area contributed by atoms with Gasteiger partial charge in [0, 0.05) is 5.69 Å². The lowest BCUT2D eigenvalue weighted by atomic mass is 10.1. The second-order valence-electron chi connectivity index (χ2n) is 4.71. The van der Waals surface area contributed by atoms with Crippen LogP contribution in [0.25, 0.3) is 0 Å². The number of rotatable bonds is 5. The molecule has 0 aliphatic carbocycles. The smallest absolute Gasteiger partial charge is 0.262 e. The first-order valence-corrected chi connectivity index (χ1v) is 7.82. The van der Waals surface area contributed by atoms with Crippen molar-refractivity contribution in [3.8, 4) is 0 Å². The zero-order valence-corrected chi connectivity index (χ0v) is 12.4. The van der Waals surface area contributed by atoms with E-state index in [0.29, 0.717) is 11.3 Å². The third-order valence-corrected chi connectivity index (χ3v) is 4.51. The van der Waals surface area contributed by atoms with Gasteiger partial charge in [-0.1, -0.05) is 30.3 Å². The van der Waals surface area contributed by atoms with Gasteiger partial charge in [0.1, 0.15) is 0 Å². The molecule has 0 bridgehead atoms. The Bertz CT molecular complexity index is 753. The summed E-state index contributed by atoms with van der Waals surface area (Å²) in [6, 6.07) is 13.3. The summed E-state index contributed by atoms with van der Waals surface area (Å²) in [7, 11) is -3.62. The Morgan fingerprint density at radius 2 is 1.71 bits per heavy atom. The first kappa shape index (κ1) is 15.1. The molecule has 0 aliphatic rings. The van der Waals surface area contributed by atoms with Crippen molar-refractivity contribution in [2.24, 2.45) is 5.73 Å². The lowest BCUT2D eigenvalue weighted by molar-refractivity contribution is -0.117. The van der Waals surface area contributed by atoms with E-state index in [1.165, 1.54) is 0 Å². The molecule has 0 spiro atoms. The van der Waals surface area contributed by atoms with Crippen LogP contribution in [0.4, 0.5) is 5.69 Å². The molecular formula is C15H16N2O3S. The van der Waals surface area contributed by atoms with E-state index in [9.17, 15) is 13.2 Å². The number of carbonyl (C=O) groups is 1. The number of carbonyl (C=O) groups excluding carboxylic acids is 1. The Morgan fingerprint density at radius 3 is 2.29 bits per heavy atom. The Labute approximate surface area is 123 Å². The quantitative estimate of drug-likeness (QED) is 0.883. The summed E-state index contributed by atoms with van der Waals surface area (Å²) in [6.45, 7) is 1.74. The molecule has 110 valence electrons. The van der Waals surface area contributed by atoms with Crippen LogP contribution in [0.5, 0.6) is 0 Å². The van der Waals surface area contributed by atoms with Crippen LogP contribution in [0.3, 0.4) is 0 Å². The van der Waals surface area contributed by atoms with Crippen molar-refractivity contribution in [2.75, 3.05) is 4.72 Å². The van der Waals surface area contributed by atoms with Gasteiger partial charge in [-0.25, -0.2) is 8.42 Å². The molecule has 1 amide bonds. The number of benzene rings is 2. The summed E-state index contributed by atoms with van der Waals surface area (Å²) < 4.78 is 27.1. The highest BCUT2D eigenvalue weighted by Gasteiger charge is 2.16. The number of nitrogens with one attached hydrogen (secondary N) is 1. The van der Waals surface area contributed by atoms with Gasteiger partial charge in [0.25, 0.3) is 10.0 Å². The second-order valence-corrected chi connectivity index (χ2v) is 6.36. The fourth-order valence-corrected chi connectivity index (χ4v) is 3.27. The third-order valence-electron chi connectivity index (χ3n) is 2.97. The van der Waals surface area contributed by atoms with E-state index < -0.39 is 15.9 Å². The Morgan fingerprint density at radius 1 is 1.10 bits per heavy atom. The molecule has 0 aromatic heterocycles. The summed E-state index contributed by atoms with van der Waals surface area (Å²) >= 11 is 0. The molecule has 6 heteroatoms. The predicted molar refractivity (Wildman–Crippen MR) is 81.3 cm³/mol. The van der Waals surface area contributed by atoms with Crippen LogP contribution < -0.4 is 10.5 Å². The van der Waals surface area contributed by atoms with Crippen molar-refractivity contribution < 1.29 is 13.2 Å². The van der Waals surface area contributed by atoms with Gasteiger partial charge in [0.15, 0.2) is 0 Å². The van der Waals surface area contributed by atoms with Crippen molar-refractivity contribution in [1.29, 1.82) is 0 Å². The topological polar surface area (TPSA) is 89.3 Å². The molecule has 0 unspecified atom stereocenters. The minimum absolute atomic E-state index is 0.130. The van der Waals surface area contributed by atoms with Crippen LogP contribution in [0.15, 0.2) is 53.4 Å². The Balaban J connectivity index is 2.21. The van der Waals surface area contributed by atoms with Gasteiger partial charge in [0.05, 0.1) is 11.3 Å². The molecule has 2 rings (SSSR count). The summed E-state index contributed by atoms with van der Waals surface area (Å²) in [5, 5.41) is 0. The minimum atomic E-state index is -3.62. The normalized spacial score (nSPS) is 11.1. The van der Waals surface area contributed by atoms with E-state index in [1.807, 2.05) is 0 Å². The molecule has 3 N–H and O–H groups in total. The number of aryl methyl sites for hydroxylation is 1. The number of hydrogen-bond acceptors (Lipinski definition) is 3. The molecule has 0 radical (unpaired) electrons. The molecule has 0 atom stereocenters. The zero-order valence-electron chi connectivity index (χ0n) is 11.5. The van der Waals surface area contributed by atoms with Crippen LogP contribution in [0.2, 0.25) is 0 Å². The van der Waals surface area contributed by atoms with Crippen LogP contribution in [0, 0.1) is 6.92 Å². The number of amides is 1. The monoisotopic (exact) mass is 304 g/mol. The van der Waals surface area contributed by atoms with Gasteiger partial charge in [-0.15, -0.1) is 0 Å². The molecular weight excluding hydrogens is 288 g/mol. The fourth-order valence-electron chi connectivity index (χ4n) is 1.96. The Hall–Kier alpha value is -2.34. The van der Waals surface area contributed by atoms with Crippen molar-refractivity contribution in [3.63, 3.8) is 0 Å². The fraction of sp³-hybridized carbons (Fsp3) is 0.133. The number of primary amides is 1. The van der Waals surface area contributed by atoms with E-state index in [0.717, 1.165) is 5.56 Å². The maximum atomic E-state index is 12.3. The van der Waals surface area contributed by atoms with Crippen LogP contribution in [-0.2, 0) is 21.2 Å². The van der Waals surface area contributed by atoms with E-state index in [1.54, 1.807) is 55.5 Å². The summed E-state index contributed by atoms with van der Waals surface area (Å²) in [5.41, 5.74) is 6.96. The summed E-state index contributed by atoms with van der Waals surface area (Å²) in [4.78, 5) is 11.1. The van der Waals surface area contributed by atoms with Gasteiger partial charge >= 0.3 is 0 Å². The standard InChI is InChI=1S/C15H16N2O3S/c1-11-4-2-3-5-14(11)21(19,20)17-13-8-6-12(7-9-13)10-15(16)18/h2-9,17H,10H2,1H3,(H2,16,18). The first-order valence-electron chi connectivity index (χ1n) is 6.34. The average molecular weight is 304 g/mol. The highest BCUT2D eigenvalue weighted by Crippen LogP contribution is 2.19. The van der Waals surface area contributed by atoms with E-state index in [2.05, 4.69) is 4.72 Å². The van der Waals surface area contributed by atoms with Gasteiger partial charge < -0.3 is 5.73 Å². The van der Waals surface area contributed by atoms with Crippen LogP contribution in [-0.4, -0.2) is 14.3 Å². The number of nitrogens with two attached hydrogens (primary N) is 1. The van der Waals surface area contributed by atoms with Gasteiger partial charge in [0.2, 0.25) is 5.91 Å². The SMILES string of the molecule is Cc1ccccc1S(=O)(=O)Nc1ccc(CC(N)=O)cc1. The number of hydrogen-bond donors (Lipinski definition) is 2. The molecule has 0 aliphatic heterocycles. The largest absolute Gasteiger partial charge is 0.369 e. The molecule has 0 saturated carbocycles. The van der Waals surface area contributed by atoms with E-state index in [4.69, 9.17) is 5.73 Å². The first-order chi connectivity index (χ1) is 9.88. The third kappa shape index (κ3) is 3.82. The highest BCUT2D eigenvalue weighted by molar-refractivity contribution is 7.92. The van der Waals surface area contributed by atoms with Crippen LogP contribution in [0.1, 0.15) is 11.1 Å². The van der Waals surface area contributed by atoms with E-state index in [-0.39, 0.29) is 11.3 Å². The van der Waals surface area contributed by atoms with Crippen molar-refractivity contribution in [3.05, 3.63) is 59.7 Å². The zero-order chi connectivity index (χ0) is 15.5. The van der Waals surface area contributed by atoms with Crippen molar-refractivity contribution in [1.82, 2.24) is 0 Å².